The van der Waals surface area contributed by atoms with Gasteiger partial charge in [0.05, 0.1) is 30.2 Å². The Morgan fingerprint density at radius 3 is 2.50 bits per heavy atom. The minimum atomic E-state index is -3.42. The lowest BCUT2D eigenvalue weighted by molar-refractivity contribution is 0.0985. The maximum absolute atomic E-state index is 13.9. The van der Waals surface area contributed by atoms with E-state index in [4.69, 9.17) is 14.7 Å². The van der Waals surface area contributed by atoms with E-state index < -0.39 is 14.6 Å². The third kappa shape index (κ3) is 4.99. The Labute approximate surface area is 223 Å². The molecule has 2 aliphatic heterocycles. The van der Waals surface area contributed by atoms with Gasteiger partial charge in [-0.15, -0.1) is 0 Å². The molecule has 3 heterocycles. The summed E-state index contributed by atoms with van der Waals surface area (Å²) in [7, 11) is -3.42. The van der Waals surface area contributed by atoms with Crippen molar-refractivity contribution in [3.05, 3.63) is 36.0 Å². The van der Waals surface area contributed by atoms with E-state index in [0.717, 1.165) is 37.1 Å². The number of nitrogens with zero attached hydrogens (tertiary/aromatic N) is 3. The molecule has 6 rings (SSSR count). The molecule has 4 fully saturated rings. The van der Waals surface area contributed by atoms with E-state index in [-0.39, 0.29) is 23.4 Å². The second kappa shape index (κ2) is 10.1. The lowest BCUT2D eigenvalue weighted by Crippen LogP contribution is -2.48. The number of nitrogens with one attached hydrogen (secondary N) is 3. The Morgan fingerprint density at radius 2 is 1.84 bits per heavy atom. The molecule has 2 saturated carbocycles. The van der Waals surface area contributed by atoms with Crippen LogP contribution in [0.15, 0.2) is 30.3 Å². The lowest BCUT2D eigenvalue weighted by Gasteiger charge is -2.38. The first-order valence-electron chi connectivity index (χ1n) is 13.7. The number of hydrogen-bond donors (Lipinski definition) is 3. The number of urea groups is 1. The summed E-state index contributed by atoms with van der Waals surface area (Å²) in [4.78, 5) is 24.2. The number of amides is 2. The third-order valence-electron chi connectivity index (χ3n) is 8.07. The lowest BCUT2D eigenvalue weighted by atomic mass is 9.92. The van der Waals surface area contributed by atoms with E-state index in [0.29, 0.717) is 62.9 Å². The van der Waals surface area contributed by atoms with Crippen molar-refractivity contribution in [2.24, 2.45) is 0 Å². The van der Waals surface area contributed by atoms with Gasteiger partial charge in [-0.05, 0) is 82.8 Å². The molecule has 204 valence electrons. The molecule has 3 N–H and O–H groups in total. The summed E-state index contributed by atoms with van der Waals surface area (Å²) in [6.07, 6.45) is 4.51. The molecular formula is C27H36N6O4S. The van der Waals surface area contributed by atoms with Crippen molar-refractivity contribution in [3.63, 3.8) is 0 Å². The van der Waals surface area contributed by atoms with Crippen LogP contribution in [-0.4, -0.2) is 74.6 Å². The highest BCUT2D eigenvalue weighted by Crippen LogP contribution is 2.47. The summed E-state index contributed by atoms with van der Waals surface area (Å²) in [6.45, 7) is 5.23. The van der Waals surface area contributed by atoms with E-state index in [1.165, 1.54) is 0 Å². The molecular weight excluding hydrogens is 504 g/mol. The topological polar surface area (TPSA) is 126 Å². The van der Waals surface area contributed by atoms with Gasteiger partial charge in [-0.3, -0.25) is 0 Å². The van der Waals surface area contributed by atoms with Crippen LogP contribution in [0.25, 0.3) is 11.4 Å². The smallest absolute Gasteiger partial charge is 0.319 e. The average Bonchev–Trinajstić information content (AvgIpc) is 3.84. The SMILES string of the molecule is C[C@H]1COCCN1c1cc(C2(S(=O)(=O)C3CC3)CCNCC2)nc(-c2ccc(NC(=O)NC3CC3)cc2)n1. The molecule has 0 unspecified atom stereocenters. The Kier molecular flexibility index (Phi) is 6.77. The summed E-state index contributed by atoms with van der Waals surface area (Å²) in [5, 5.41) is 8.84. The van der Waals surface area contributed by atoms with Crippen molar-refractivity contribution in [2.45, 2.75) is 67.5 Å². The van der Waals surface area contributed by atoms with Crippen LogP contribution in [0.1, 0.15) is 51.1 Å². The van der Waals surface area contributed by atoms with Crippen molar-refractivity contribution in [3.8, 4) is 11.4 Å². The van der Waals surface area contributed by atoms with Crippen molar-refractivity contribution in [1.82, 2.24) is 20.6 Å². The van der Waals surface area contributed by atoms with Gasteiger partial charge in [0.15, 0.2) is 15.7 Å². The van der Waals surface area contributed by atoms with Gasteiger partial charge in [-0.25, -0.2) is 23.2 Å². The van der Waals surface area contributed by atoms with Gasteiger partial charge in [0.2, 0.25) is 0 Å². The van der Waals surface area contributed by atoms with Gasteiger partial charge in [0.25, 0.3) is 0 Å². The molecule has 4 aliphatic rings. The van der Waals surface area contributed by atoms with Gasteiger partial charge in [0.1, 0.15) is 10.6 Å². The fourth-order valence-corrected chi connectivity index (χ4v) is 8.07. The average molecular weight is 541 g/mol. The number of anilines is 2. The van der Waals surface area contributed by atoms with E-state index in [2.05, 4.69) is 27.8 Å². The first-order valence-corrected chi connectivity index (χ1v) is 15.3. The highest BCUT2D eigenvalue weighted by molar-refractivity contribution is 7.93. The molecule has 1 aromatic heterocycles. The van der Waals surface area contributed by atoms with Crippen LogP contribution in [0.4, 0.5) is 16.3 Å². The number of sulfone groups is 1. The van der Waals surface area contributed by atoms with Crippen LogP contribution in [0.2, 0.25) is 0 Å². The highest BCUT2D eigenvalue weighted by Gasteiger charge is 2.54. The van der Waals surface area contributed by atoms with Crippen LogP contribution in [0, 0.1) is 0 Å². The summed E-state index contributed by atoms with van der Waals surface area (Å²) in [5.74, 6) is 1.23. The second-order valence-corrected chi connectivity index (χ2v) is 13.5. The number of rotatable bonds is 7. The zero-order valence-electron chi connectivity index (χ0n) is 21.8. The molecule has 2 saturated heterocycles. The maximum atomic E-state index is 13.9. The number of benzene rings is 1. The van der Waals surface area contributed by atoms with Crippen molar-refractivity contribution in [2.75, 3.05) is 43.1 Å². The van der Waals surface area contributed by atoms with Crippen molar-refractivity contribution >= 4 is 27.4 Å². The number of carbonyl (C=O) groups excluding carboxylic acids is 1. The Balaban J connectivity index is 1.39. The molecule has 1 aromatic carbocycles. The van der Waals surface area contributed by atoms with E-state index in [1.54, 1.807) is 0 Å². The molecule has 2 aliphatic carbocycles. The molecule has 10 nitrogen and oxygen atoms in total. The summed E-state index contributed by atoms with van der Waals surface area (Å²) in [6, 6.07) is 9.51. The Hall–Kier alpha value is -2.76. The van der Waals surface area contributed by atoms with Gasteiger partial charge < -0.3 is 25.6 Å². The standard InChI is InChI=1S/C27H36N6O4S/c1-18-17-37-15-14-33(18)24-16-23(27(10-12-28-13-11-27)38(35,36)22-8-9-22)31-25(32-24)19-2-4-20(5-3-19)29-26(34)30-21-6-7-21/h2-5,16,18,21-22,28H,6-15,17H2,1H3,(H2,29,30,34)/t18-/m0/s1. The molecule has 1 atom stereocenters. The fourth-order valence-electron chi connectivity index (χ4n) is 5.51. The largest absolute Gasteiger partial charge is 0.377 e. The number of aromatic nitrogens is 2. The monoisotopic (exact) mass is 540 g/mol. The van der Waals surface area contributed by atoms with Crippen LogP contribution >= 0.6 is 0 Å². The van der Waals surface area contributed by atoms with E-state index in [1.807, 2.05) is 30.3 Å². The van der Waals surface area contributed by atoms with Gasteiger partial charge in [-0.2, -0.15) is 0 Å². The number of ether oxygens (including phenoxy) is 1. The predicted octanol–water partition coefficient (Wildman–Crippen LogP) is 2.81. The highest BCUT2D eigenvalue weighted by atomic mass is 32.2. The zero-order valence-corrected chi connectivity index (χ0v) is 22.6. The summed E-state index contributed by atoms with van der Waals surface area (Å²) >= 11 is 0. The molecule has 11 heteroatoms. The molecule has 0 spiro atoms. The predicted molar refractivity (Wildman–Crippen MR) is 146 cm³/mol. The minimum absolute atomic E-state index is 0.111. The summed E-state index contributed by atoms with van der Waals surface area (Å²) < 4.78 is 32.5. The molecule has 0 radical (unpaired) electrons. The Bertz CT molecular complexity index is 1290. The van der Waals surface area contributed by atoms with Gasteiger partial charge in [0, 0.05) is 29.9 Å². The first kappa shape index (κ1) is 25.5. The first-order chi connectivity index (χ1) is 18.4. The van der Waals surface area contributed by atoms with Crippen molar-refractivity contribution in [1.29, 1.82) is 0 Å². The molecule has 38 heavy (non-hydrogen) atoms. The zero-order chi connectivity index (χ0) is 26.3. The van der Waals surface area contributed by atoms with Gasteiger partial charge in [-0.1, -0.05) is 0 Å². The molecule has 2 aromatic rings. The van der Waals surface area contributed by atoms with Gasteiger partial charge >= 0.3 is 6.03 Å². The molecule has 0 bridgehead atoms. The normalized spacial score (nSPS) is 23.6. The quantitative estimate of drug-likeness (QED) is 0.490. The second-order valence-electron chi connectivity index (χ2n) is 11.0. The van der Waals surface area contributed by atoms with Crippen LogP contribution in [-0.2, 0) is 19.3 Å². The number of carbonyl (C=O) groups is 1. The molecule has 2 amide bonds. The third-order valence-corrected chi connectivity index (χ3v) is 11.1. The van der Waals surface area contributed by atoms with Crippen molar-refractivity contribution < 1.29 is 17.9 Å². The Morgan fingerprint density at radius 1 is 1.11 bits per heavy atom. The number of morpholine rings is 1. The number of hydrogen-bond acceptors (Lipinski definition) is 8. The van der Waals surface area contributed by atoms with Crippen LogP contribution in [0.3, 0.4) is 0 Å². The number of piperidine rings is 1. The van der Waals surface area contributed by atoms with Crippen LogP contribution < -0.4 is 20.9 Å². The van der Waals surface area contributed by atoms with E-state index in [9.17, 15) is 13.2 Å². The van der Waals surface area contributed by atoms with E-state index >= 15 is 0 Å². The summed E-state index contributed by atoms with van der Waals surface area (Å²) in [5.41, 5.74) is 2.04. The minimum Gasteiger partial charge on any atom is -0.377 e. The fraction of sp³-hybridized carbons (Fsp3) is 0.593. The maximum Gasteiger partial charge on any atom is 0.319 e. The van der Waals surface area contributed by atoms with Crippen LogP contribution in [0.5, 0.6) is 0 Å².